The van der Waals surface area contributed by atoms with E-state index >= 15 is 4.39 Å². The van der Waals surface area contributed by atoms with Crippen LogP contribution < -0.4 is 9.62 Å². The van der Waals surface area contributed by atoms with Crippen LogP contribution in [0.5, 0.6) is 0 Å². The topological polar surface area (TPSA) is 88.6 Å². The molecule has 0 aliphatic heterocycles. The molecule has 33 heavy (non-hydrogen) atoms. The van der Waals surface area contributed by atoms with Gasteiger partial charge >= 0.3 is 6.09 Å². The molecule has 0 bridgehead atoms. The second-order valence-electron chi connectivity index (χ2n) is 8.14. The standard InChI is InChI=1S/C22H23ClFN3O4S2/c1-14(15-8-6-5-7-9-15)26-18-11-17(24)19(10-16(18)23)33(29,30)27(20-12-32-13-25-20)21(28)31-22(2,3)4/h5-14,26H,1-4H3/t14-/m0/s1. The Balaban J connectivity index is 1.99. The maximum absolute atomic E-state index is 15.1. The molecule has 0 aliphatic carbocycles. The number of anilines is 2. The highest BCUT2D eigenvalue weighted by Crippen LogP contribution is 2.34. The zero-order valence-electron chi connectivity index (χ0n) is 18.4. The van der Waals surface area contributed by atoms with Gasteiger partial charge in [-0.05, 0) is 45.4 Å². The Morgan fingerprint density at radius 2 is 1.91 bits per heavy atom. The van der Waals surface area contributed by atoms with Gasteiger partial charge in [-0.15, -0.1) is 15.6 Å². The highest BCUT2D eigenvalue weighted by Gasteiger charge is 2.38. The van der Waals surface area contributed by atoms with Crippen LogP contribution in [-0.2, 0) is 14.8 Å². The van der Waals surface area contributed by atoms with Crippen molar-refractivity contribution in [2.45, 2.75) is 44.2 Å². The lowest BCUT2D eigenvalue weighted by Crippen LogP contribution is -2.41. The van der Waals surface area contributed by atoms with Crippen molar-refractivity contribution in [2.24, 2.45) is 0 Å². The lowest BCUT2D eigenvalue weighted by Gasteiger charge is -2.26. The van der Waals surface area contributed by atoms with Crippen LogP contribution in [0.2, 0.25) is 5.02 Å². The number of aromatic nitrogens is 1. The smallest absolute Gasteiger partial charge is 0.430 e. The molecule has 176 valence electrons. The van der Waals surface area contributed by atoms with Gasteiger partial charge in [-0.2, -0.15) is 0 Å². The fourth-order valence-electron chi connectivity index (χ4n) is 2.92. The van der Waals surface area contributed by atoms with E-state index in [1.807, 2.05) is 37.3 Å². The summed E-state index contributed by atoms with van der Waals surface area (Å²) < 4.78 is 47.4. The van der Waals surface area contributed by atoms with E-state index in [1.165, 1.54) is 10.9 Å². The van der Waals surface area contributed by atoms with Crippen molar-refractivity contribution in [1.29, 1.82) is 0 Å². The number of halogens is 2. The highest BCUT2D eigenvalue weighted by molar-refractivity contribution is 7.93. The summed E-state index contributed by atoms with van der Waals surface area (Å²) in [7, 11) is -4.73. The molecule has 1 N–H and O–H groups in total. The van der Waals surface area contributed by atoms with E-state index in [9.17, 15) is 13.2 Å². The van der Waals surface area contributed by atoms with Crippen molar-refractivity contribution in [3.63, 3.8) is 0 Å². The molecular weight excluding hydrogens is 489 g/mol. The Morgan fingerprint density at radius 3 is 2.48 bits per heavy atom. The molecule has 0 radical (unpaired) electrons. The number of amides is 1. The first-order chi connectivity index (χ1) is 15.4. The maximum atomic E-state index is 15.1. The molecule has 3 rings (SSSR count). The van der Waals surface area contributed by atoms with E-state index in [0.717, 1.165) is 29.0 Å². The number of hydrogen-bond acceptors (Lipinski definition) is 7. The summed E-state index contributed by atoms with van der Waals surface area (Å²) in [5.74, 6) is -1.28. The molecule has 3 aromatic rings. The van der Waals surface area contributed by atoms with E-state index in [2.05, 4.69) is 10.3 Å². The van der Waals surface area contributed by atoms with Gasteiger partial charge in [-0.1, -0.05) is 41.9 Å². The fraction of sp³-hybridized carbons (Fsp3) is 0.273. The van der Waals surface area contributed by atoms with Crippen molar-refractivity contribution >= 4 is 50.6 Å². The van der Waals surface area contributed by atoms with Crippen LogP contribution in [0.25, 0.3) is 0 Å². The van der Waals surface area contributed by atoms with Crippen LogP contribution in [0.1, 0.15) is 39.3 Å². The molecule has 11 heteroatoms. The Labute approximate surface area is 201 Å². The van der Waals surface area contributed by atoms with Gasteiger partial charge in [-0.25, -0.2) is 22.6 Å². The Kier molecular flexibility index (Phi) is 7.30. The summed E-state index contributed by atoms with van der Waals surface area (Å²) in [4.78, 5) is 15.9. The van der Waals surface area contributed by atoms with Crippen molar-refractivity contribution in [2.75, 3.05) is 9.62 Å². The number of nitrogens with one attached hydrogen (secondary N) is 1. The number of rotatable bonds is 6. The molecule has 0 fully saturated rings. The molecule has 1 aromatic heterocycles. The average Bonchev–Trinajstić information content (AvgIpc) is 3.23. The molecular formula is C22H23ClFN3O4S2. The molecule has 1 heterocycles. The average molecular weight is 512 g/mol. The van der Waals surface area contributed by atoms with Gasteiger partial charge in [0.1, 0.15) is 16.3 Å². The Bertz CT molecular complexity index is 1230. The highest BCUT2D eigenvalue weighted by atomic mass is 35.5. The van der Waals surface area contributed by atoms with Gasteiger partial charge in [0.25, 0.3) is 10.0 Å². The van der Waals surface area contributed by atoms with Gasteiger partial charge in [0.2, 0.25) is 0 Å². The lowest BCUT2D eigenvalue weighted by atomic mass is 10.1. The largest absolute Gasteiger partial charge is 0.443 e. The van der Waals surface area contributed by atoms with Crippen LogP contribution in [0.3, 0.4) is 0 Å². The number of carbonyl (C=O) groups excluding carboxylic acids is 1. The van der Waals surface area contributed by atoms with E-state index in [-0.39, 0.29) is 22.6 Å². The van der Waals surface area contributed by atoms with Gasteiger partial charge in [0.05, 0.1) is 16.2 Å². The summed E-state index contributed by atoms with van der Waals surface area (Å²) in [5, 5.41) is 4.39. The molecule has 1 atom stereocenters. The summed E-state index contributed by atoms with van der Waals surface area (Å²) in [6.45, 7) is 6.62. The maximum Gasteiger partial charge on any atom is 0.430 e. The molecule has 1 amide bonds. The number of benzene rings is 2. The second kappa shape index (κ2) is 9.66. The summed E-state index contributed by atoms with van der Waals surface area (Å²) in [6.07, 6.45) is -1.20. The summed E-state index contributed by atoms with van der Waals surface area (Å²) in [6, 6.07) is 11.1. The first-order valence-electron chi connectivity index (χ1n) is 9.87. The van der Waals surface area contributed by atoms with Gasteiger partial charge < -0.3 is 10.1 Å². The number of thiazole rings is 1. The molecule has 0 saturated heterocycles. The Hall–Kier alpha value is -2.69. The first kappa shape index (κ1) is 24.9. The predicted octanol–water partition coefficient (Wildman–Crippen LogP) is 6.24. The van der Waals surface area contributed by atoms with Crippen molar-refractivity contribution < 1.29 is 22.3 Å². The quantitative estimate of drug-likeness (QED) is 0.421. The van der Waals surface area contributed by atoms with Crippen molar-refractivity contribution in [3.8, 4) is 0 Å². The third-order valence-corrected chi connectivity index (χ3v) is 6.97. The van der Waals surface area contributed by atoms with E-state index in [0.29, 0.717) is 4.31 Å². The zero-order chi connectivity index (χ0) is 24.4. The van der Waals surface area contributed by atoms with Crippen LogP contribution >= 0.6 is 22.9 Å². The summed E-state index contributed by atoms with van der Waals surface area (Å²) >= 11 is 7.39. The van der Waals surface area contributed by atoms with Crippen molar-refractivity contribution in [3.05, 3.63) is 69.8 Å². The Morgan fingerprint density at radius 1 is 1.24 bits per heavy atom. The number of ether oxygens (including phenoxy) is 1. The zero-order valence-corrected chi connectivity index (χ0v) is 20.8. The van der Waals surface area contributed by atoms with Crippen LogP contribution in [0.15, 0.2) is 58.3 Å². The molecule has 2 aromatic carbocycles. The van der Waals surface area contributed by atoms with E-state index in [1.54, 1.807) is 20.8 Å². The molecule has 0 saturated carbocycles. The number of nitrogens with zero attached hydrogens (tertiary/aromatic N) is 2. The predicted molar refractivity (Wildman–Crippen MR) is 128 cm³/mol. The summed E-state index contributed by atoms with van der Waals surface area (Å²) in [5.41, 5.74) is 1.51. The van der Waals surface area contributed by atoms with Crippen molar-refractivity contribution in [1.82, 2.24) is 4.98 Å². The number of hydrogen-bond donors (Lipinski definition) is 1. The second-order valence-corrected chi connectivity index (χ2v) is 11.0. The number of sulfonamides is 1. The van der Waals surface area contributed by atoms with Crippen LogP contribution in [0.4, 0.5) is 20.7 Å². The molecule has 0 aliphatic rings. The lowest BCUT2D eigenvalue weighted by molar-refractivity contribution is 0.0608. The first-order valence-corrected chi connectivity index (χ1v) is 12.6. The fourth-order valence-corrected chi connectivity index (χ4v) is 5.13. The SMILES string of the molecule is C[C@H](Nc1cc(F)c(S(=O)(=O)N(C(=O)OC(C)(C)C)c2cscn2)cc1Cl)c1ccccc1. The number of carbonyl (C=O) groups is 1. The minimum atomic E-state index is -4.73. The van der Waals surface area contributed by atoms with Crippen LogP contribution in [0, 0.1) is 5.82 Å². The van der Waals surface area contributed by atoms with Gasteiger partial charge in [-0.3, -0.25) is 0 Å². The van der Waals surface area contributed by atoms with E-state index < -0.39 is 32.4 Å². The monoisotopic (exact) mass is 511 g/mol. The minimum Gasteiger partial charge on any atom is -0.443 e. The molecule has 7 nitrogen and oxygen atoms in total. The molecule has 0 spiro atoms. The van der Waals surface area contributed by atoms with E-state index in [4.69, 9.17) is 16.3 Å². The van der Waals surface area contributed by atoms with Gasteiger partial charge in [0, 0.05) is 11.4 Å². The third-order valence-electron chi connectivity index (χ3n) is 4.40. The van der Waals surface area contributed by atoms with Crippen LogP contribution in [-0.4, -0.2) is 25.1 Å². The minimum absolute atomic E-state index is 0.0276. The normalized spacial score (nSPS) is 12.8. The van der Waals surface area contributed by atoms with Gasteiger partial charge in [0.15, 0.2) is 5.82 Å². The third kappa shape index (κ3) is 5.82. The molecule has 0 unspecified atom stereocenters.